The van der Waals surface area contributed by atoms with Gasteiger partial charge in [-0.15, -0.1) is 0 Å². The van der Waals surface area contributed by atoms with Crippen LogP contribution < -0.4 is 0 Å². The van der Waals surface area contributed by atoms with Gasteiger partial charge in [0.05, 0.1) is 22.9 Å². The van der Waals surface area contributed by atoms with Gasteiger partial charge in [-0.25, -0.2) is 9.78 Å². The minimum absolute atomic E-state index is 0.296. The average Bonchev–Trinajstić information content (AvgIpc) is 2.78. The number of aromatic carboxylic acids is 1. The predicted octanol–water partition coefficient (Wildman–Crippen LogP) is 4.12. The van der Waals surface area contributed by atoms with E-state index < -0.39 is 5.97 Å². The summed E-state index contributed by atoms with van der Waals surface area (Å²) in [5.41, 5.74) is 2.45. The van der Waals surface area contributed by atoms with Crippen LogP contribution in [0.4, 0.5) is 0 Å². The Hall–Kier alpha value is -1.84. The number of carboxylic acid groups (broad SMARTS) is 1. The highest BCUT2D eigenvalue weighted by molar-refractivity contribution is 5.92. The van der Waals surface area contributed by atoms with E-state index in [1.807, 2.05) is 12.4 Å². The summed E-state index contributed by atoms with van der Waals surface area (Å²) in [5, 5.41) is 9.07. The lowest BCUT2D eigenvalue weighted by atomic mass is 9.70. The molecule has 3 rings (SSSR count). The van der Waals surface area contributed by atoms with Crippen molar-refractivity contribution in [3.8, 4) is 0 Å². The Morgan fingerprint density at radius 2 is 2.14 bits per heavy atom. The molecular weight excluding hydrogens is 264 g/mol. The summed E-state index contributed by atoms with van der Waals surface area (Å²) in [5.74, 6) is -0.201. The zero-order chi connectivity index (χ0) is 15.2. The van der Waals surface area contributed by atoms with Gasteiger partial charge in [0.1, 0.15) is 0 Å². The largest absolute Gasteiger partial charge is 0.478 e. The molecule has 0 aliphatic heterocycles. The Labute approximate surface area is 124 Å². The molecule has 2 atom stereocenters. The molecule has 1 aliphatic carbocycles. The van der Waals surface area contributed by atoms with Gasteiger partial charge in [0.15, 0.2) is 0 Å². The van der Waals surface area contributed by atoms with Crippen molar-refractivity contribution in [3.05, 3.63) is 30.1 Å². The Balaban J connectivity index is 1.99. The number of benzene rings is 1. The SMILES string of the molecule is C[C@@H]1C[C@H](n2cnc3cc(C(=O)O)ccc32)CC(C)(C)C1. The van der Waals surface area contributed by atoms with Crippen LogP contribution in [0.2, 0.25) is 0 Å². The van der Waals surface area contributed by atoms with Crippen molar-refractivity contribution in [1.82, 2.24) is 9.55 Å². The summed E-state index contributed by atoms with van der Waals surface area (Å²) in [6, 6.07) is 5.66. The van der Waals surface area contributed by atoms with Crippen LogP contribution in [0.25, 0.3) is 11.0 Å². The standard InChI is InChI=1S/C17H22N2O2/c1-11-6-13(9-17(2,3)8-11)19-10-18-14-7-12(16(20)21)4-5-15(14)19/h4-5,7,10-11,13H,6,8-9H2,1-3H3,(H,20,21)/t11-,13+/m1/s1. The zero-order valence-corrected chi connectivity index (χ0v) is 12.8. The summed E-state index contributed by atoms with van der Waals surface area (Å²) in [6.45, 7) is 6.98. The molecule has 1 aromatic heterocycles. The third-order valence-corrected chi connectivity index (χ3v) is 4.58. The second-order valence-corrected chi connectivity index (χ2v) is 7.23. The highest BCUT2D eigenvalue weighted by Gasteiger charge is 2.33. The monoisotopic (exact) mass is 286 g/mol. The molecule has 4 heteroatoms. The normalized spacial score (nSPS) is 25.1. The molecule has 0 amide bonds. The zero-order valence-electron chi connectivity index (χ0n) is 12.8. The Morgan fingerprint density at radius 1 is 1.38 bits per heavy atom. The van der Waals surface area contributed by atoms with E-state index in [0.717, 1.165) is 23.9 Å². The number of rotatable bonds is 2. The van der Waals surface area contributed by atoms with Crippen LogP contribution in [0.5, 0.6) is 0 Å². The summed E-state index contributed by atoms with van der Waals surface area (Å²) in [7, 11) is 0. The number of aromatic nitrogens is 2. The van der Waals surface area contributed by atoms with Crippen molar-refractivity contribution >= 4 is 17.0 Å². The second-order valence-electron chi connectivity index (χ2n) is 7.23. The lowest BCUT2D eigenvalue weighted by molar-refractivity contribution is 0.0697. The molecule has 1 N–H and O–H groups in total. The van der Waals surface area contributed by atoms with Crippen LogP contribution in [0.3, 0.4) is 0 Å². The van der Waals surface area contributed by atoms with E-state index in [2.05, 4.69) is 30.3 Å². The maximum Gasteiger partial charge on any atom is 0.335 e. The number of carbonyl (C=O) groups is 1. The van der Waals surface area contributed by atoms with Crippen molar-refractivity contribution in [2.24, 2.45) is 11.3 Å². The quantitative estimate of drug-likeness (QED) is 0.903. The number of hydrogen-bond donors (Lipinski definition) is 1. The fraction of sp³-hybridized carbons (Fsp3) is 0.529. The number of nitrogens with zero attached hydrogens (tertiary/aromatic N) is 2. The van der Waals surface area contributed by atoms with Crippen LogP contribution in [0.15, 0.2) is 24.5 Å². The maximum absolute atomic E-state index is 11.0. The van der Waals surface area contributed by atoms with Gasteiger partial charge < -0.3 is 9.67 Å². The van der Waals surface area contributed by atoms with E-state index in [1.165, 1.54) is 6.42 Å². The van der Waals surface area contributed by atoms with E-state index in [-0.39, 0.29) is 0 Å². The van der Waals surface area contributed by atoms with Crippen LogP contribution in [0, 0.1) is 11.3 Å². The summed E-state index contributed by atoms with van der Waals surface area (Å²) < 4.78 is 2.23. The molecule has 0 bridgehead atoms. The van der Waals surface area contributed by atoms with Crippen LogP contribution in [-0.4, -0.2) is 20.6 Å². The number of fused-ring (bicyclic) bond motifs is 1. The molecule has 21 heavy (non-hydrogen) atoms. The summed E-state index contributed by atoms with van der Waals surface area (Å²) in [4.78, 5) is 15.5. The Bertz CT molecular complexity index is 687. The second kappa shape index (κ2) is 4.86. The molecule has 4 nitrogen and oxygen atoms in total. The van der Waals surface area contributed by atoms with Gasteiger partial charge in [0, 0.05) is 6.04 Å². The minimum atomic E-state index is -0.904. The van der Waals surface area contributed by atoms with Gasteiger partial charge in [0.2, 0.25) is 0 Å². The molecule has 1 saturated carbocycles. The molecule has 1 heterocycles. The van der Waals surface area contributed by atoms with E-state index in [0.29, 0.717) is 22.9 Å². The van der Waals surface area contributed by atoms with E-state index >= 15 is 0 Å². The van der Waals surface area contributed by atoms with E-state index in [1.54, 1.807) is 12.1 Å². The first kappa shape index (κ1) is 14.1. The van der Waals surface area contributed by atoms with Gasteiger partial charge in [-0.1, -0.05) is 20.8 Å². The van der Waals surface area contributed by atoms with Crippen LogP contribution >= 0.6 is 0 Å². The van der Waals surface area contributed by atoms with Crippen molar-refractivity contribution in [2.45, 2.75) is 46.1 Å². The summed E-state index contributed by atoms with van der Waals surface area (Å²) in [6.07, 6.45) is 5.44. The first-order valence-corrected chi connectivity index (χ1v) is 7.56. The molecule has 1 fully saturated rings. The average molecular weight is 286 g/mol. The number of hydrogen-bond acceptors (Lipinski definition) is 2. The fourth-order valence-electron chi connectivity index (χ4n) is 3.96. The molecule has 0 radical (unpaired) electrons. The van der Waals surface area contributed by atoms with Crippen molar-refractivity contribution < 1.29 is 9.90 Å². The molecule has 1 aromatic carbocycles. The van der Waals surface area contributed by atoms with Crippen LogP contribution in [0.1, 0.15) is 56.4 Å². The molecule has 1 aliphatic rings. The minimum Gasteiger partial charge on any atom is -0.478 e. The van der Waals surface area contributed by atoms with Crippen molar-refractivity contribution in [2.75, 3.05) is 0 Å². The molecule has 112 valence electrons. The van der Waals surface area contributed by atoms with Gasteiger partial charge in [-0.05, 0) is 48.8 Å². The lowest BCUT2D eigenvalue weighted by Gasteiger charge is -2.39. The molecular formula is C17H22N2O2. The fourth-order valence-corrected chi connectivity index (χ4v) is 3.96. The lowest BCUT2D eigenvalue weighted by Crippen LogP contribution is -2.29. The van der Waals surface area contributed by atoms with E-state index in [9.17, 15) is 4.79 Å². The number of imidazole rings is 1. The third-order valence-electron chi connectivity index (χ3n) is 4.58. The first-order chi connectivity index (χ1) is 9.85. The van der Waals surface area contributed by atoms with Crippen molar-refractivity contribution in [1.29, 1.82) is 0 Å². The highest BCUT2D eigenvalue weighted by Crippen LogP contribution is 2.44. The first-order valence-electron chi connectivity index (χ1n) is 7.56. The van der Waals surface area contributed by atoms with Gasteiger partial charge in [0.25, 0.3) is 0 Å². The van der Waals surface area contributed by atoms with Gasteiger partial charge in [-0.3, -0.25) is 0 Å². The van der Waals surface area contributed by atoms with Gasteiger partial charge in [-0.2, -0.15) is 0 Å². The Morgan fingerprint density at radius 3 is 2.81 bits per heavy atom. The Kier molecular flexibility index (Phi) is 3.27. The smallest absolute Gasteiger partial charge is 0.335 e. The van der Waals surface area contributed by atoms with E-state index in [4.69, 9.17) is 5.11 Å². The number of carboxylic acids is 1. The molecule has 0 spiro atoms. The highest BCUT2D eigenvalue weighted by atomic mass is 16.4. The summed E-state index contributed by atoms with van der Waals surface area (Å²) >= 11 is 0. The van der Waals surface area contributed by atoms with Crippen LogP contribution in [-0.2, 0) is 0 Å². The molecule has 0 saturated heterocycles. The molecule has 2 aromatic rings. The molecule has 0 unspecified atom stereocenters. The van der Waals surface area contributed by atoms with Crippen molar-refractivity contribution in [3.63, 3.8) is 0 Å². The maximum atomic E-state index is 11.0. The third kappa shape index (κ3) is 2.67. The predicted molar refractivity (Wildman–Crippen MR) is 82.5 cm³/mol. The van der Waals surface area contributed by atoms with Gasteiger partial charge >= 0.3 is 5.97 Å². The topological polar surface area (TPSA) is 55.1 Å².